The number of carbonyl (C=O) groups excluding carboxylic acids is 2. The van der Waals surface area contributed by atoms with Gasteiger partial charge in [0.25, 0.3) is 0 Å². The topological polar surface area (TPSA) is 85.0 Å². The molecule has 2 heterocycles. The number of thiazole rings is 1. The van der Waals surface area contributed by atoms with Gasteiger partial charge in [0, 0.05) is 34.6 Å². The van der Waals surface area contributed by atoms with Gasteiger partial charge in [-0.15, -0.1) is 11.3 Å². The van der Waals surface area contributed by atoms with Gasteiger partial charge in [0.05, 0.1) is 6.07 Å². The van der Waals surface area contributed by atoms with Gasteiger partial charge in [0.1, 0.15) is 5.01 Å². The Morgan fingerprint density at radius 3 is 2.70 bits per heavy atom. The molecule has 0 aromatic carbocycles. The highest BCUT2D eigenvalue weighted by molar-refractivity contribution is 7.09. The van der Waals surface area contributed by atoms with Crippen LogP contribution in [0.1, 0.15) is 71.7 Å². The number of carbonyl (C=O) groups is 2. The zero-order valence-corrected chi connectivity index (χ0v) is 18.5. The zero-order valence-electron chi connectivity index (χ0n) is 17.7. The highest BCUT2D eigenvalue weighted by Crippen LogP contribution is 2.32. The van der Waals surface area contributed by atoms with Gasteiger partial charge in [-0.3, -0.25) is 4.79 Å². The highest BCUT2D eigenvalue weighted by atomic mass is 32.1. The molecule has 0 radical (unpaired) electrons. The van der Waals surface area contributed by atoms with Gasteiger partial charge in [-0.2, -0.15) is 5.26 Å². The molecule has 3 rings (SSSR count). The van der Waals surface area contributed by atoms with Crippen molar-refractivity contribution in [2.45, 2.75) is 64.8 Å². The Balaban J connectivity index is 1.59. The van der Waals surface area contributed by atoms with E-state index in [4.69, 9.17) is 4.74 Å². The van der Waals surface area contributed by atoms with Crippen LogP contribution in [0.3, 0.4) is 0 Å². The minimum atomic E-state index is -1.00. The molecule has 0 saturated heterocycles. The van der Waals surface area contributed by atoms with Crippen LogP contribution >= 0.6 is 11.3 Å². The monoisotopic (exact) mass is 425 g/mol. The Hall–Kier alpha value is -2.72. The van der Waals surface area contributed by atoms with E-state index in [0.29, 0.717) is 11.0 Å². The van der Waals surface area contributed by atoms with E-state index in [2.05, 4.69) is 29.5 Å². The summed E-state index contributed by atoms with van der Waals surface area (Å²) in [5.74, 6) is -2.07. The first-order valence-electron chi connectivity index (χ1n) is 10.3. The third-order valence-electron chi connectivity index (χ3n) is 5.55. The molecule has 1 aliphatic rings. The van der Waals surface area contributed by atoms with Crippen LogP contribution in [0.4, 0.5) is 0 Å². The Morgan fingerprint density at radius 2 is 2.07 bits per heavy atom. The maximum Gasteiger partial charge on any atom is 0.331 e. The average molecular weight is 426 g/mol. The molecule has 0 unspecified atom stereocenters. The normalized spacial score (nSPS) is 15.8. The lowest BCUT2D eigenvalue weighted by Crippen LogP contribution is -2.19. The molecule has 2 aromatic heterocycles. The van der Waals surface area contributed by atoms with Crippen molar-refractivity contribution >= 4 is 29.2 Å². The maximum absolute atomic E-state index is 12.3. The first-order chi connectivity index (χ1) is 14.4. The van der Waals surface area contributed by atoms with Crippen LogP contribution in [0.15, 0.2) is 17.5 Å². The molecule has 30 heavy (non-hydrogen) atoms. The van der Waals surface area contributed by atoms with E-state index in [1.54, 1.807) is 18.4 Å². The van der Waals surface area contributed by atoms with E-state index in [1.165, 1.54) is 55.2 Å². The largest absolute Gasteiger partial charge is 0.454 e. The summed E-state index contributed by atoms with van der Waals surface area (Å²) in [6.07, 6.45) is 9.30. The van der Waals surface area contributed by atoms with E-state index in [9.17, 15) is 14.9 Å². The number of rotatable bonds is 7. The molecule has 0 bridgehead atoms. The maximum atomic E-state index is 12.3. The lowest BCUT2D eigenvalue weighted by molar-refractivity contribution is -0.143. The van der Waals surface area contributed by atoms with E-state index < -0.39 is 24.3 Å². The smallest absolute Gasteiger partial charge is 0.331 e. The summed E-state index contributed by atoms with van der Waals surface area (Å²) in [4.78, 5) is 28.6. The van der Waals surface area contributed by atoms with E-state index in [1.807, 2.05) is 6.07 Å². The summed E-state index contributed by atoms with van der Waals surface area (Å²) in [6.45, 7) is 5.53. The minimum Gasteiger partial charge on any atom is -0.454 e. The Kier molecular flexibility index (Phi) is 7.22. The molecule has 6 nitrogen and oxygen atoms in total. The number of esters is 1. The Labute approximate surface area is 181 Å². The van der Waals surface area contributed by atoms with Crippen molar-refractivity contribution in [1.29, 1.82) is 5.26 Å². The highest BCUT2D eigenvalue weighted by Gasteiger charge is 2.24. The lowest BCUT2D eigenvalue weighted by atomic mass is 9.95. The number of aromatic nitrogens is 2. The molecular formula is C23H27N3O3S. The first-order valence-corrected chi connectivity index (χ1v) is 11.2. The lowest BCUT2D eigenvalue weighted by Gasteiger charge is -2.26. The van der Waals surface area contributed by atoms with Crippen molar-refractivity contribution in [2.24, 2.45) is 0 Å². The third-order valence-corrected chi connectivity index (χ3v) is 6.58. The quantitative estimate of drug-likeness (QED) is 0.469. The molecule has 1 aliphatic carbocycles. The Bertz CT molecular complexity index is 990. The molecule has 0 aliphatic heterocycles. The molecule has 1 saturated carbocycles. The number of hydrogen-bond donors (Lipinski definition) is 0. The number of aryl methyl sites for hydroxylation is 2. The van der Waals surface area contributed by atoms with Crippen LogP contribution in [-0.4, -0.2) is 27.9 Å². The number of hydrogen-bond acceptors (Lipinski definition) is 6. The fraction of sp³-hybridized carbons (Fsp3) is 0.478. The number of Topliss-reactive ketones (excluding diaryl/α,β-unsaturated/α-hetero) is 1. The second-order valence-corrected chi connectivity index (χ2v) is 8.67. The third kappa shape index (κ3) is 5.06. The molecule has 2 aromatic rings. The first kappa shape index (κ1) is 22.0. The fourth-order valence-electron chi connectivity index (χ4n) is 4.07. The second-order valence-electron chi connectivity index (χ2n) is 7.78. The molecule has 0 spiro atoms. The molecule has 0 N–H and O–H groups in total. The van der Waals surface area contributed by atoms with E-state index >= 15 is 0 Å². The summed E-state index contributed by atoms with van der Waals surface area (Å²) < 4.78 is 7.45. The summed E-state index contributed by atoms with van der Waals surface area (Å²) in [7, 11) is 0. The van der Waals surface area contributed by atoms with Gasteiger partial charge in [-0.05, 0) is 51.3 Å². The molecule has 0 amide bonds. The Morgan fingerprint density at radius 1 is 1.33 bits per heavy atom. The van der Waals surface area contributed by atoms with Crippen LogP contribution in [0.25, 0.3) is 6.08 Å². The van der Waals surface area contributed by atoms with Gasteiger partial charge in [-0.25, -0.2) is 9.78 Å². The van der Waals surface area contributed by atoms with Gasteiger partial charge in [0.2, 0.25) is 0 Å². The van der Waals surface area contributed by atoms with Gasteiger partial charge in [-0.1, -0.05) is 19.3 Å². The fourth-order valence-corrected chi connectivity index (χ4v) is 4.93. The van der Waals surface area contributed by atoms with Crippen molar-refractivity contribution < 1.29 is 14.3 Å². The zero-order chi connectivity index (χ0) is 21.7. The van der Waals surface area contributed by atoms with Gasteiger partial charge < -0.3 is 9.30 Å². The van der Waals surface area contributed by atoms with Crippen molar-refractivity contribution in [1.82, 2.24) is 9.55 Å². The van der Waals surface area contributed by atoms with Crippen LogP contribution in [0.2, 0.25) is 0 Å². The number of nitrogens with zero attached hydrogens (tertiary/aromatic N) is 3. The van der Waals surface area contributed by atoms with Gasteiger partial charge >= 0.3 is 5.97 Å². The number of ether oxygens (including phenoxy) is 1. The van der Waals surface area contributed by atoms with E-state index in [-0.39, 0.29) is 0 Å². The van der Waals surface area contributed by atoms with Crippen molar-refractivity contribution in [3.63, 3.8) is 0 Å². The van der Waals surface area contributed by atoms with Crippen molar-refractivity contribution in [3.8, 4) is 6.07 Å². The molecule has 7 heteroatoms. The van der Waals surface area contributed by atoms with Crippen LogP contribution in [0, 0.1) is 32.1 Å². The van der Waals surface area contributed by atoms with Crippen molar-refractivity contribution in [2.75, 3.05) is 6.61 Å². The van der Waals surface area contributed by atoms with Gasteiger partial charge in [0.15, 0.2) is 18.3 Å². The molecule has 158 valence electrons. The standard InChI is InChI=1S/C23H27N3O3S/c1-15-14-30-23(25-15)20(12-24)21(27)13-29-22(28)10-9-18-11-16(2)26(17(18)3)19-7-5-4-6-8-19/h9-11,14,19-20H,4-8,13H2,1-3H3/b10-9+/t20-/m0/s1. The molecule has 1 atom stereocenters. The van der Waals surface area contributed by atoms with E-state index in [0.717, 1.165) is 17.0 Å². The summed E-state index contributed by atoms with van der Waals surface area (Å²) in [6, 6.07) is 4.56. The number of nitriles is 1. The molecular weight excluding hydrogens is 398 g/mol. The minimum absolute atomic E-state index is 0.432. The predicted molar refractivity (Wildman–Crippen MR) is 116 cm³/mol. The summed E-state index contributed by atoms with van der Waals surface area (Å²) >= 11 is 1.26. The van der Waals surface area contributed by atoms with Crippen molar-refractivity contribution in [3.05, 3.63) is 45.2 Å². The molecule has 1 fully saturated rings. The predicted octanol–water partition coefficient (Wildman–Crippen LogP) is 4.81. The van der Waals surface area contributed by atoms with Crippen LogP contribution in [0.5, 0.6) is 0 Å². The van der Waals surface area contributed by atoms with Crippen LogP contribution in [-0.2, 0) is 14.3 Å². The number of ketones is 1. The summed E-state index contributed by atoms with van der Waals surface area (Å²) in [5.41, 5.74) is 4.07. The second kappa shape index (κ2) is 9.86. The summed E-state index contributed by atoms with van der Waals surface area (Å²) in [5, 5.41) is 11.5. The van der Waals surface area contributed by atoms with Crippen LogP contribution < -0.4 is 0 Å². The SMILES string of the molecule is Cc1csc([C@@H](C#N)C(=O)COC(=O)/C=C/c2cc(C)n(C3CCCCC3)c2C)n1. The average Bonchev–Trinajstić information content (AvgIpc) is 3.28.